The Hall–Kier alpha value is 0.310. The second kappa shape index (κ2) is 3.66. The van der Waals surface area contributed by atoms with Crippen molar-refractivity contribution >= 4 is 27.5 Å². The fraction of sp³-hybridized carbons (Fsp3) is 1.00. The van der Waals surface area contributed by atoms with Crippen LogP contribution in [-0.2, 0) is 0 Å². The van der Waals surface area contributed by atoms with E-state index < -0.39 is 40.1 Å². The Morgan fingerprint density at radius 2 is 1.59 bits per heavy atom. The molecule has 0 amide bonds. The zero-order valence-electron chi connectivity index (χ0n) is 8.04. The Balaban J connectivity index is 2.48. The van der Waals surface area contributed by atoms with Crippen molar-refractivity contribution < 1.29 is 26.3 Å². The van der Waals surface area contributed by atoms with E-state index in [0.717, 1.165) is 0 Å². The lowest BCUT2D eigenvalue weighted by molar-refractivity contribution is -0.318. The topological polar surface area (TPSA) is 12.0 Å². The van der Waals surface area contributed by atoms with Gasteiger partial charge in [0.2, 0.25) is 5.54 Å². The molecule has 0 aromatic rings. The van der Waals surface area contributed by atoms with Crippen molar-refractivity contribution in [2.24, 2.45) is 5.92 Å². The summed E-state index contributed by atoms with van der Waals surface area (Å²) in [5.41, 5.74) is -3.84. The summed E-state index contributed by atoms with van der Waals surface area (Å²) in [6.07, 6.45) is -11.1. The van der Waals surface area contributed by atoms with Crippen LogP contribution in [0, 0.1) is 5.92 Å². The highest BCUT2D eigenvalue weighted by molar-refractivity contribution is 9.09. The standard InChI is InChI=1S/C8H7BrClF6N/c9-4-2-1-3(10)5(4)17-6(2,7(11,12)13)8(14,15)16/h2-5,17H,1H2/t2-,3+,4-,5+/m0/s1. The van der Waals surface area contributed by atoms with E-state index in [-0.39, 0.29) is 6.42 Å². The van der Waals surface area contributed by atoms with Crippen LogP contribution >= 0.6 is 27.5 Å². The van der Waals surface area contributed by atoms with Crippen LogP contribution in [0.5, 0.6) is 0 Å². The molecule has 0 aromatic heterocycles. The molecule has 1 saturated carbocycles. The number of piperidine rings is 1. The van der Waals surface area contributed by atoms with Gasteiger partial charge in [-0.25, -0.2) is 0 Å². The summed E-state index contributed by atoms with van der Waals surface area (Å²) in [5.74, 6) is -1.63. The van der Waals surface area contributed by atoms with Gasteiger partial charge in [0.15, 0.2) is 0 Å². The fourth-order valence-corrected chi connectivity index (χ4v) is 4.37. The van der Waals surface area contributed by atoms with Crippen molar-refractivity contribution in [3.8, 4) is 0 Å². The molecule has 1 saturated heterocycles. The van der Waals surface area contributed by atoms with Gasteiger partial charge in [-0.05, 0) is 6.42 Å². The quantitative estimate of drug-likeness (QED) is 0.525. The zero-order chi connectivity index (χ0) is 13.2. The minimum absolute atomic E-state index is 0.311. The summed E-state index contributed by atoms with van der Waals surface area (Å²) in [6.45, 7) is 0. The normalized spacial score (nSPS) is 40.9. The summed E-state index contributed by atoms with van der Waals surface area (Å²) in [4.78, 5) is -0.923. The second-order valence-corrected chi connectivity index (χ2v) is 5.89. The van der Waals surface area contributed by atoms with Gasteiger partial charge in [-0.1, -0.05) is 15.9 Å². The van der Waals surface area contributed by atoms with E-state index in [1.165, 1.54) is 0 Å². The van der Waals surface area contributed by atoms with Crippen molar-refractivity contribution in [2.45, 2.75) is 40.6 Å². The fourth-order valence-electron chi connectivity index (χ4n) is 2.67. The van der Waals surface area contributed by atoms with E-state index >= 15 is 0 Å². The number of fused-ring (bicyclic) bond motifs is 2. The average molecular weight is 346 g/mol. The van der Waals surface area contributed by atoms with E-state index in [4.69, 9.17) is 11.6 Å². The van der Waals surface area contributed by atoms with Crippen LogP contribution in [0.15, 0.2) is 0 Å². The average Bonchev–Trinajstić information content (AvgIpc) is 2.53. The van der Waals surface area contributed by atoms with Crippen LogP contribution in [-0.4, -0.2) is 34.1 Å². The SMILES string of the molecule is FC(F)(F)C1(C(F)(F)F)N[C@H]2[C@@H](Br)[C@@H]1C[C@H]2Cl. The molecule has 2 rings (SSSR count). The van der Waals surface area contributed by atoms with E-state index in [1.54, 1.807) is 5.32 Å². The first-order chi connectivity index (χ1) is 7.52. The first kappa shape index (κ1) is 13.7. The first-order valence-corrected chi connectivity index (χ1v) is 6.07. The van der Waals surface area contributed by atoms with E-state index in [9.17, 15) is 26.3 Å². The molecule has 17 heavy (non-hydrogen) atoms. The van der Waals surface area contributed by atoms with Crippen LogP contribution in [0.4, 0.5) is 26.3 Å². The number of nitrogens with one attached hydrogen (secondary N) is 1. The van der Waals surface area contributed by atoms with Crippen molar-refractivity contribution in [2.75, 3.05) is 0 Å². The van der Waals surface area contributed by atoms with Gasteiger partial charge < -0.3 is 0 Å². The number of halogens is 8. The summed E-state index contributed by atoms with van der Waals surface area (Å²) in [7, 11) is 0. The molecule has 100 valence electrons. The van der Waals surface area contributed by atoms with Gasteiger partial charge in [0.1, 0.15) is 0 Å². The molecule has 0 unspecified atom stereocenters. The molecule has 1 heterocycles. The Morgan fingerprint density at radius 1 is 1.12 bits per heavy atom. The van der Waals surface area contributed by atoms with Crippen LogP contribution in [0.3, 0.4) is 0 Å². The molecule has 1 aliphatic carbocycles. The highest BCUT2D eigenvalue weighted by Crippen LogP contribution is 2.59. The molecule has 1 aliphatic heterocycles. The minimum Gasteiger partial charge on any atom is -0.290 e. The highest BCUT2D eigenvalue weighted by Gasteiger charge is 2.81. The maximum absolute atomic E-state index is 12.8. The first-order valence-electron chi connectivity index (χ1n) is 4.71. The lowest BCUT2D eigenvalue weighted by Gasteiger charge is -2.41. The maximum atomic E-state index is 12.8. The molecule has 0 aromatic carbocycles. The molecular weight excluding hydrogens is 339 g/mol. The Labute approximate surface area is 106 Å². The van der Waals surface area contributed by atoms with E-state index in [1.807, 2.05) is 0 Å². The Bertz CT molecular complexity index is 315. The van der Waals surface area contributed by atoms with Crippen LogP contribution in [0.25, 0.3) is 0 Å². The second-order valence-electron chi connectivity index (χ2n) is 4.28. The van der Waals surface area contributed by atoms with Crippen LogP contribution < -0.4 is 5.32 Å². The monoisotopic (exact) mass is 345 g/mol. The predicted molar refractivity (Wildman–Crippen MR) is 52.2 cm³/mol. The molecule has 2 aliphatic rings. The molecule has 0 radical (unpaired) electrons. The van der Waals surface area contributed by atoms with Gasteiger partial charge >= 0.3 is 12.4 Å². The lowest BCUT2D eigenvalue weighted by atomic mass is 9.82. The smallest absolute Gasteiger partial charge is 0.290 e. The molecule has 9 heteroatoms. The zero-order valence-corrected chi connectivity index (χ0v) is 10.4. The lowest BCUT2D eigenvalue weighted by Crippen LogP contribution is -2.70. The number of hydrogen-bond acceptors (Lipinski definition) is 1. The van der Waals surface area contributed by atoms with Crippen molar-refractivity contribution in [3.05, 3.63) is 0 Å². The van der Waals surface area contributed by atoms with Gasteiger partial charge in [-0.2, -0.15) is 26.3 Å². The number of hydrogen-bond donors (Lipinski definition) is 1. The van der Waals surface area contributed by atoms with Gasteiger partial charge in [0.25, 0.3) is 0 Å². The van der Waals surface area contributed by atoms with E-state index in [0.29, 0.717) is 0 Å². The molecule has 1 N–H and O–H groups in total. The Kier molecular flexibility index (Phi) is 2.96. The van der Waals surface area contributed by atoms with Crippen molar-refractivity contribution in [3.63, 3.8) is 0 Å². The molecular formula is C8H7BrClF6N. The largest absolute Gasteiger partial charge is 0.415 e. The van der Waals surface area contributed by atoms with Crippen LogP contribution in [0.2, 0.25) is 0 Å². The van der Waals surface area contributed by atoms with E-state index in [2.05, 4.69) is 15.9 Å². The maximum Gasteiger partial charge on any atom is 0.415 e. The summed E-state index contributed by atoms with van der Waals surface area (Å²) < 4.78 is 76.9. The molecule has 0 spiro atoms. The molecule has 1 nitrogen and oxygen atoms in total. The molecule has 4 atom stereocenters. The van der Waals surface area contributed by atoms with Crippen molar-refractivity contribution in [1.29, 1.82) is 0 Å². The number of rotatable bonds is 0. The molecule has 2 fully saturated rings. The third-order valence-corrected chi connectivity index (χ3v) is 5.10. The number of alkyl halides is 8. The third kappa shape index (κ3) is 1.63. The summed E-state index contributed by atoms with van der Waals surface area (Å²) in [5, 5.41) is 0.934. The van der Waals surface area contributed by atoms with Gasteiger partial charge in [0, 0.05) is 16.8 Å². The molecule has 2 bridgehead atoms. The summed E-state index contributed by atoms with van der Waals surface area (Å²) >= 11 is 8.59. The predicted octanol–water partition coefficient (Wildman–Crippen LogP) is 3.21. The minimum atomic E-state index is -5.40. The third-order valence-electron chi connectivity index (χ3n) is 3.44. The van der Waals surface area contributed by atoms with Crippen molar-refractivity contribution in [1.82, 2.24) is 5.32 Å². The highest BCUT2D eigenvalue weighted by atomic mass is 79.9. The summed E-state index contributed by atoms with van der Waals surface area (Å²) in [6, 6.07) is -1.02. The Morgan fingerprint density at radius 3 is 1.82 bits per heavy atom. The van der Waals surface area contributed by atoms with Gasteiger partial charge in [-0.3, -0.25) is 5.32 Å². The van der Waals surface area contributed by atoms with Gasteiger partial charge in [-0.15, -0.1) is 11.6 Å². The van der Waals surface area contributed by atoms with Gasteiger partial charge in [0.05, 0.1) is 5.38 Å². The van der Waals surface area contributed by atoms with Crippen LogP contribution in [0.1, 0.15) is 6.42 Å².